The molecule has 0 spiro atoms. The van der Waals surface area contributed by atoms with Crippen molar-refractivity contribution in [3.63, 3.8) is 0 Å². The molecule has 2 aliphatic rings. The summed E-state index contributed by atoms with van der Waals surface area (Å²) in [6, 6.07) is 4.53. The Morgan fingerprint density at radius 2 is 1.55 bits per heavy atom. The fourth-order valence-corrected chi connectivity index (χ4v) is 5.26. The molecular weight excluding hydrogens is 568 g/mol. The number of rotatable bonds is 9. The predicted molar refractivity (Wildman–Crippen MR) is 152 cm³/mol. The molecule has 0 unspecified atom stereocenters. The first-order chi connectivity index (χ1) is 20.0. The van der Waals surface area contributed by atoms with Gasteiger partial charge in [-0.05, 0) is 25.3 Å². The Morgan fingerprint density at radius 3 is 2.19 bits per heavy atom. The van der Waals surface area contributed by atoms with Crippen molar-refractivity contribution >= 4 is 42.2 Å². The second-order valence-electron chi connectivity index (χ2n) is 10.1. The normalized spacial score (nSPS) is 15.2. The van der Waals surface area contributed by atoms with Gasteiger partial charge in [0, 0.05) is 55.5 Å². The maximum atomic E-state index is 13.4. The average Bonchev–Trinajstić information content (AvgIpc) is 3.00. The van der Waals surface area contributed by atoms with Crippen LogP contribution in [-0.4, -0.2) is 103 Å². The number of phenols is 2. The highest BCUT2D eigenvalue weighted by atomic mass is 32.1. The first-order valence-corrected chi connectivity index (χ1v) is 13.9. The Hall–Kier alpha value is -4.26. The van der Waals surface area contributed by atoms with Gasteiger partial charge in [0.15, 0.2) is 18.2 Å². The summed E-state index contributed by atoms with van der Waals surface area (Å²) >= 11 is 3.97. The summed E-state index contributed by atoms with van der Waals surface area (Å²) in [7, 11) is 4.35. The number of carbonyl (C=O) groups excluding carboxylic acids is 5. The molecule has 2 aromatic carbocycles. The predicted octanol–water partition coefficient (Wildman–Crippen LogP) is 2.62. The number of amides is 2. The zero-order valence-corrected chi connectivity index (χ0v) is 24.4. The zero-order chi connectivity index (χ0) is 30.7. The highest BCUT2D eigenvalue weighted by Gasteiger charge is 2.41. The molecule has 0 saturated carbocycles. The van der Waals surface area contributed by atoms with Gasteiger partial charge in [0.25, 0.3) is 0 Å². The van der Waals surface area contributed by atoms with Gasteiger partial charge < -0.3 is 34.2 Å². The molecule has 0 bridgehead atoms. The van der Waals surface area contributed by atoms with Gasteiger partial charge >= 0.3 is 12.2 Å². The Morgan fingerprint density at radius 1 is 0.929 bits per heavy atom. The number of benzene rings is 2. The van der Waals surface area contributed by atoms with Gasteiger partial charge in [0.05, 0.1) is 23.8 Å². The van der Waals surface area contributed by atoms with Gasteiger partial charge in [0.2, 0.25) is 5.78 Å². The standard InChI is InChI=1S/C29H32N2O10S/c1-30(28(37)40-11-12-42)9-10-31(2)29(38)41-14-19(32)15-7-8-16-18(13-15)26(35)22-23(24(16)33)27(36)21-17(25(22)34)5-4-6-20(21)39-3/h4-6,15,33,35,42H,7-14H2,1-3H3/t15-/m0/s1. The van der Waals surface area contributed by atoms with Crippen molar-refractivity contribution in [3.05, 3.63) is 51.6 Å². The summed E-state index contributed by atoms with van der Waals surface area (Å²) < 4.78 is 15.4. The Kier molecular flexibility index (Phi) is 9.30. The number of ether oxygens (including phenoxy) is 3. The Bertz CT molecular complexity index is 1460. The lowest BCUT2D eigenvalue weighted by Gasteiger charge is -2.29. The third kappa shape index (κ3) is 5.73. The van der Waals surface area contributed by atoms with Crippen molar-refractivity contribution in [3.8, 4) is 17.2 Å². The number of hydrogen-bond donors (Lipinski definition) is 3. The SMILES string of the molecule is COc1cccc2c1C(=O)c1c(O)c3c(c(O)c1C2=O)C[C@@H](C(=O)COC(=O)N(C)CCN(C)C(=O)OCCS)CC3. The molecule has 12 nitrogen and oxygen atoms in total. The molecule has 2 aromatic rings. The van der Waals surface area contributed by atoms with E-state index >= 15 is 0 Å². The van der Waals surface area contributed by atoms with Crippen LogP contribution < -0.4 is 4.74 Å². The van der Waals surface area contributed by atoms with Crippen LogP contribution in [0.15, 0.2) is 18.2 Å². The average molecular weight is 601 g/mol. The van der Waals surface area contributed by atoms with E-state index in [9.17, 15) is 34.2 Å². The van der Waals surface area contributed by atoms with Crippen LogP contribution in [0.2, 0.25) is 0 Å². The molecule has 2 amide bonds. The number of fused-ring (bicyclic) bond motifs is 3. The van der Waals surface area contributed by atoms with E-state index in [-0.39, 0.29) is 72.5 Å². The van der Waals surface area contributed by atoms with Crippen molar-refractivity contribution in [2.45, 2.75) is 19.3 Å². The maximum Gasteiger partial charge on any atom is 0.409 e. The molecule has 224 valence electrons. The highest BCUT2D eigenvalue weighted by Crippen LogP contribution is 2.47. The number of ketones is 3. The topological polar surface area (TPSA) is 160 Å². The van der Waals surface area contributed by atoms with Crippen LogP contribution in [0.1, 0.15) is 49.4 Å². The molecule has 0 saturated heterocycles. The summed E-state index contributed by atoms with van der Waals surface area (Å²) in [6.45, 7) is -0.0487. The molecule has 0 aromatic heterocycles. The largest absolute Gasteiger partial charge is 0.507 e. The van der Waals surface area contributed by atoms with Crippen LogP contribution in [-0.2, 0) is 27.1 Å². The van der Waals surface area contributed by atoms with Crippen molar-refractivity contribution in [2.75, 3.05) is 53.3 Å². The lowest BCUT2D eigenvalue weighted by molar-refractivity contribution is -0.126. The van der Waals surface area contributed by atoms with Gasteiger partial charge in [-0.2, -0.15) is 12.6 Å². The van der Waals surface area contributed by atoms with E-state index in [1.807, 2.05) is 0 Å². The molecule has 13 heteroatoms. The van der Waals surface area contributed by atoms with Gasteiger partial charge in [-0.1, -0.05) is 12.1 Å². The van der Waals surface area contributed by atoms with Gasteiger partial charge in [-0.15, -0.1) is 0 Å². The highest BCUT2D eigenvalue weighted by molar-refractivity contribution is 7.80. The minimum Gasteiger partial charge on any atom is -0.507 e. The number of thiol groups is 1. The molecule has 2 N–H and O–H groups in total. The third-order valence-corrected chi connectivity index (χ3v) is 7.71. The number of carbonyl (C=O) groups is 5. The van der Waals surface area contributed by atoms with E-state index < -0.39 is 53.6 Å². The molecular formula is C29H32N2O10S. The molecule has 42 heavy (non-hydrogen) atoms. The molecule has 2 aliphatic carbocycles. The fraction of sp³-hybridized carbons (Fsp3) is 0.414. The third-order valence-electron chi connectivity index (χ3n) is 7.53. The Balaban J connectivity index is 1.43. The Labute approximate surface area is 247 Å². The van der Waals surface area contributed by atoms with Crippen LogP contribution >= 0.6 is 12.6 Å². The van der Waals surface area contributed by atoms with E-state index in [0.717, 1.165) is 0 Å². The van der Waals surface area contributed by atoms with Crippen LogP contribution in [0.25, 0.3) is 0 Å². The molecule has 0 aliphatic heterocycles. The fourth-order valence-electron chi connectivity index (χ4n) is 5.17. The van der Waals surface area contributed by atoms with Gasteiger partial charge in [-0.3, -0.25) is 14.4 Å². The lowest BCUT2D eigenvalue weighted by atomic mass is 9.75. The smallest absolute Gasteiger partial charge is 0.409 e. The lowest BCUT2D eigenvalue weighted by Crippen LogP contribution is -2.38. The molecule has 0 radical (unpaired) electrons. The first kappa shape index (κ1) is 30.7. The number of phenolic OH excluding ortho intramolecular Hbond substituents is 2. The summed E-state index contributed by atoms with van der Waals surface area (Å²) in [5.41, 5.74) is -0.0269. The minimum absolute atomic E-state index is 0.0140. The number of likely N-dealkylation sites (N-methyl/N-ethyl adjacent to an activating group) is 2. The van der Waals surface area contributed by atoms with Crippen LogP contribution in [0, 0.1) is 5.92 Å². The van der Waals surface area contributed by atoms with Gasteiger partial charge in [-0.25, -0.2) is 9.59 Å². The molecule has 1 atom stereocenters. The van der Waals surface area contributed by atoms with E-state index in [1.165, 1.54) is 43.1 Å². The van der Waals surface area contributed by atoms with Crippen LogP contribution in [0.3, 0.4) is 0 Å². The van der Waals surface area contributed by atoms with E-state index in [0.29, 0.717) is 11.3 Å². The second kappa shape index (κ2) is 12.7. The summed E-state index contributed by atoms with van der Waals surface area (Å²) in [6.07, 6.45) is -0.901. The second-order valence-corrected chi connectivity index (χ2v) is 10.5. The van der Waals surface area contributed by atoms with Crippen molar-refractivity contribution < 1.29 is 48.4 Å². The first-order valence-electron chi connectivity index (χ1n) is 13.3. The maximum absolute atomic E-state index is 13.4. The number of hydrogen-bond acceptors (Lipinski definition) is 11. The van der Waals surface area contributed by atoms with E-state index in [1.54, 1.807) is 6.07 Å². The zero-order valence-electron chi connectivity index (χ0n) is 23.5. The number of Topliss-reactive ketones (excluding diaryl/α,β-unsaturated/α-hetero) is 1. The molecule has 0 heterocycles. The van der Waals surface area contributed by atoms with Crippen LogP contribution in [0.5, 0.6) is 17.2 Å². The number of aromatic hydroxyl groups is 2. The molecule has 4 rings (SSSR count). The monoisotopic (exact) mass is 600 g/mol. The summed E-state index contributed by atoms with van der Waals surface area (Å²) in [5, 5.41) is 22.3. The van der Waals surface area contributed by atoms with Gasteiger partial charge in [0.1, 0.15) is 23.9 Å². The van der Waals surface area contributed by atoms with Crippen molar-refractivity contribution in [1.82, 2.24) is 9.80 Å². The van der Waals surface area contributed by atoms with Crippen molar-refractivity contribution in [2.24, 2.45) is 5.92 Å². The van der Waals surface area contributed by atoms with E-state index in [4.69, 9.17) is 14.2 Å². The quantitative estimate of drug-likeness (QED) is 0.246. The number of methoxy groups -OCH3 is 1. The summed E-state index contributed by atoms with van der Waals surface area (Å²) in [4.78, 5) is 66.5. The molecule has 0 fully saturated rings. The van der Waals surface area contributed by atoms with Crippen LogP contribution in [0.4, 0.5) is 9.59 Å². The number of nitrogens with zero attached hydrogens (tertiary/aromatic N) is 2. The van der Waals surface area contributed by atoms with Crippen molar-refractivity contribution in [1.29, 1.82) is 0 Å². The summed E-state index contributed by atoms with van der Waals surface area (Å²) in [5.74, 6) is -2.61. The minimum atomic E-state index is -0.760. The van der Waals surface area contributed by atoms with E-state index in [2.05, 4.69) is 12.6 Å².